The fourth-order valence-corrected chi connectivity index (χ4v) is 6.68. The first kappa shape index (κ1) is 35.1. The Morgan fingerprint density at radius 1 is 1.09 bits per heavy atom. The molecule has 0 bridgehead atoms. The van der Waals surface area contributed by atoms with E-state index >= 15 is 0 Å². The zero-order valence-electron chi connectivity index (χ0n) is 25.3. The molecule has 12 heteroatoms. The van der Waals surface area contributed by atoms with Gasteiger partial charge in [0, 0.05) is 36.9 Å². The van der Waals surface area contributed by atoms with Gasteiger partial charge in [0.25, 0.3) is 0 Å². The van der Waals surface area contributed by atoms with Gasteiger partial charge in [0.05, 0.1) is 12.4 Å². The number of amides is 2. The van der Waals surface area contributed by atoms with Gasteiger partial charge in [0.15, 0.2) is 0 Å². The van der Waals surface area contributed by atoms with Crippen LogP contribution in [0.15, 0.2) is 42.5 Å². The molecule has 2 atom stereocenters. The molecule has 0 aliphatic carbocycles. The zero-order valence-corrected chi connectivity index (χ0v) is 27.7. The second kappa shape index (κ2) is 14.6. The molecule has 0 unspecified atom stereocenters. The van der Waals surface area contributed by atoms with Crippen molar-refractivity contribution in [3.05, 3.63) is 64.2 Å². The van der Waals surface area contributed by atoms with E-state index in [4.69, 9.17) is 11.6 Å². The lowest BCUT2D eigenvalue weighted by atomic mass is 9.80. The number of nitrogens with one attached hydrogen (secondary N) is 2. The molecular weight excluding hydrogens is 611 g/mol. The van der Waals surface area contributed by atoms with Crippen LogP contribution in [-0.4, -0.2) is 78.7 Å². The Kier molecular flexibility index (Phi) is 11.9. The van der Waals surface area contributed by atoms with Gasteiger partial charge in [-0.1, -0.05) is 69.1 Å². The lowest BCUT2D eigenvalue weighted by Crippen LogP contribution is -2.74. The molecule has 3 N–H and O–H groups in total. The highest BCUT2D eigenvalue weighted by atomic mass is 35.5. The van der Waals surface area contributed by atoms with E-state index in [0.29, 0.717) is 49.6 Å². The highest BCUT2D eigenvalue weighted by molar-refractivity contribution is 7.92. The summed E-state index contributed by atoms with van der Waals surface area (Å²) in [5.74, 6) is -0.461. The van der Waals surface area contributed by atoms with Gasteiger partial charge >= 0.3 is 0 Å². The van der Waals surface area contributed by atoms with Gasteiger partial charge in [0.1, 0.15) is 11.6 Å². The summed E-state index contributed by atoms with van der Waals surface area (Å²) in [6.07, 6.45) is 3.64. The summed E-state index contributed by atoms with van der Waals surface area (Å²) in [6, 6.07) is 12.6. The Balaban J connectivity index is 0.00000506. The summed E-state index contributed by atoms with van der Waals surface area (Å²) in [5, 5.41) is 14.0. The van der Waals surface area contributed by atoms with Gasteiger partial charge in [-0.25, -0.2) is 8.42 Å². The number of benzene rings is 2. The van der Waals surface area contributed by atoms with Crippen LogP contribution in [-0.2, 0) is 32.6 Å². The van der Waals surface area contributed by atoms with Crippen molar-refractivity contribution < 1.29 is 23.1 Å². The molecule has 238 valence electrons. The summed E-state index contributed by atoms with van der Waals surface area (Å²) < 4.78 is 25.4. The van der Waals surface area contributed by atoms with Crippen molar-refractivity contribution in [2.45, 2.75) is 77.1 Å². The minimum atomic E-state index is -3.37. The van der Waals surface area contributed by atoms with E-state index in [0.717, 1.165) is 42.3 Å². The quantitative estimate of drug-likeness (QED) is 0.334. The summed E-state index contributed by atoms with van der Waals surface area (Å²) in [5.41, 5.74) is 2.71. The third-order valence-corrected chi connectivity index (χ3v) is 9.34. The molecule has 43 heavy (non-hydrogen) atoms. The molecule has 2 fully saturated rings. The van der Waals surface area contributed by atoms with Crippen molar-refractivity contribution in [1.82, 2.24) is 15.1 Å². The molecule has 1 spiro atoms. The first-order valence-electron chi connectivity index (χ1n) is 14.7. The van der Waals surface area contributed by atoms with Crippen LogP contribution in [0.4, 0.5) is 5.69 Å². The monoisotopic (exact) mass is 654 g/mol. The molecule has 2 aliphatic heterocycles. The van der Waals surface area contributed by atoms with Crippen molar-refractivity contribution in [2.75, 3.05) is 30.6 Å². The number of anilines is 1. The molecule has 2 aliphatic rings. The van der Waals surface area contributed by atoms with Gasteiger partial charge in [0.2, 0.25) is 21.8 Å². The van der Waals surface area contributed by atoms with Crippen LogP contribution < -0.4 is 10.0 Å². The smallest absolute Gasteiger partial charge is 0.248 e. The number of hydrogen-bond acceptors (Lipinski definition) is 6. The molecule has 0 radical (unpaired) electrons. The van der Waals surface area contributed by atoms with Crippen LogP contribution >= 0.6 is 24.0 Å². The number of piperidine rings is 1. The fourth-order valence-electron chi connectivity index (χ4n) is 5.88. The number of halogens is 2. The normalized spacial score (nSPS) is 19.7. The Morgan fingerprint density at radius 3 is 2.28 bits per heavy atom. The van der Waals surface area contributed by atoms with Crippen molar-refractivity contribution >= 4 is 51.5 Å². The van der Waals surface area contributed by atoms with Crippen LogP contribution in [0.2, 0.25) is 5.02 Å². The lowest BCUT2D eigenvalue weighted by molar-refractivity contribution is -0.165. The van der Waals surface area contributed by atoms with E-state index in [-0.39, 0.29) is 30.1 Å². The van der Waals surface area contributed by atoms with Crippen LogP contribution in [0.25, 0.3) is 0 Å². The highest BCUT2D eigenvalue weighted by Crippen LogP contribution is 2.35. The Labute approximate surface area is 266 Å². The van der Waals surface area contributed by atoms with E-state index in [1.807, 2.05) is 19.9 Å². The van der Waals surface area contributed by atoms with Crippen LogP contribution in [0.5, 0.6) is 0 Å². The maximum absolute atomic E-state index is 13.5. The van der Waals surface area contributed by atoms with Crippen LogP contribution in [0.1, 0.15) is 63.1 Å². The number of carbonyl (C=O) groups is 2. The SMILES string of the molecule is CCCCN1C(=O)[C@@H]([C@H](O)C(C)C)NC(=O)C12CCN(Cc1ccc(Cc3ccc(NS(C)(=O)=O)cc3Cl)cc1)CC2.Cl. The number of unbranched alkanes of at least 4 members (excludes halogenated alkanes) is 1. The van der Waals surface area contributed by atoms with Crippen LogP contribution in [0.3, 0.4) is 0 Å². The molecule has 9 nitrogen and oxygen atoms in total. The first-order chi connectivity index (χ1) is 19.8. The number of likely N-dealkylation sites (tertiary alicyclic amines) is 1. The van der Waals surface area contributed by atoms with E-state index in [2.05, 4.69) is 46.1 Å². The van der Waals surface area contributed by atoms with Gasteiger partial charge in [-0.05, 0) is 60.4 Å². The summed E-state index contributed by atoms with van der Waals surface area (Å²) in [7, 11) is -3.37. The largest absolute Gasteiger partial charge is 0.390 e. The van der Waals surface area contributed by atoms with Crippen molar-refractivity contribution in [3.63, 3.8) is 0 Å². The Hall–Kier alpha value is -2.37. The van der Waals surface area contributed by atoms with Crippen molar-refractivity contribution in [1.29, 1.82) is 0 Å². The number of carbonyl (C=O) groups excluding carboxylic acids is 2. The first-order valence-corrected chi connectivity index (χ1v) is 17.0. The number of sulfonamides is 1. The van der Waals surface area contributed by atoms with E-state index in [9.17, 15) is 23.1 Å². The number of hydrogen-bond donors (Lipinski definition) is 3. The maximum atomic E-state index is 13.5. The second-order valence-electron chi connectivity index (χ2n) is 12.0. The zero-order chi connectivity index (χ0) is 30.7. The molecule has 0 aromatic heterocycles. The fraction of sp³-hybridized carbons (Fsp3) is 0.548. The highest BCUT2D eigenvalue weighted by Gasteiger charge is 2.54. The molecule has 4 rings (SSSR count). The predicted octanol–water partition coefficient (Wildman–Crippen LogP) is 4.20. The number of rotatable bonds is 11. The molecule has 0 saturated carbocycles. The lowest BCUT2D eigenvalue weighted by Gasteiger charge is -2.52. The third-order valence-electron chi connectivity index (χ3n) is 8.38. The van der Waals surface area contributed by atoms with Crippen LogP contribution in [0, 0.1) is 5.92 Å². The second-order valence-corrected chi connectivity index (χ2v) is 14.2. The number of aliphatic hydroxyl groups excluding tert-OH is 1. The third kappa shape index (κ3) is 8.42. The molecule has 2 heterocycles. The Bertz CT molecular complexity index is 1380. The van der Waals surface area contributed by atoms with Gasteiger partial charge < -0.3 is 15.3 Å². The average molecular weight is 656 g/mol. The standard InChI is InChI=1S/C31H43ClN4O5S.ClH/c1-5-6-15-36-29(38)27(28(37)21(2)3)33-30(39)31(36)13-16-35(17-14-31)20-23-9-7-22(8-10-23)18-24-11-12-25(19-26(24)32)34-42(4,40)41;/h7-12,19,21,27-28,34,37H,5-6,13-18,20H2,1-4H3,(H,33,39);1H/t27-,28-;/m1./s1. The Morgan fingerprint density at radius 2 is 1.72 bits per heavy atom. The number of piperazine rings is 1. The summed E-state index contributed by atoms with van der Waals surface area (Å²) in [4.78, 5) is 31.1. The molecule has 2 aromatic carbocycles. The van der Waals surface area contributed by atoms with E-state index in [1.54, 1.807) is 17.0 Å². The predicted molar refractivity (Wildman–Crippen MR) is 173 cm³/mol. The molecular formula is C31H44Cl2N4O5S. The van der Waals surface area contributed by atoms with Gasteiger partial charge in [-0.15, -0.1) is 12.4 Å². The van der Waals surface area contributed by atoms with Crippen molar-refractivity contribution in [2.24, 2.45) is 5.92 Å². The van der Waals surface area contributed by atoms with Gasteiger partial charge in [-0.2, -0.15) is 0 Å². The minimum Gasteiger partial charge on any atom is -0.390 e. The minimum absolute atomic E-state index is 0. The maximum Gasteiger partial charge on any atom is 0.248 e. The summed E-state index contributed by atoms with van der Waals surface area (Å²) >= 11 is 6.42. The average Bonchev–Trinajstić information content (AvgIpc) is 2.93. The number of nitrogens with zero attached hydrogens (tertiary/aromatic N) is 2. The van der Waals surface area contributed by atoms with Gasteiger partial charge in [-0.3, -0.25) is 19.2 Å². The van der Waals surface area contributed by atoms with E-state index < -0.39 is 27.7 Å². The molecule has 2 saturated heterocycles. The number of aliphatic hydroxyl groups is 1. The molecule has 2 aromatic rings. The molecule has 2 amide bonds. The van der Waals surface area contributed by atoms with E-state index in [1.165, 1.54) is 0 Å². The van der Waals surface area contributed by atoms with Crippen molar-refractivity contribution in [3.8, 4) is 0 Å². The summed E-state index contributed by atoms with van der Waals surface area (Å²) in [6.45, 7) is 8.40. The topological polar surface area (TPSA) is 119 Å².